The van der Waals surface area contributed by atoms with E-state index in [0.717, 1.165) is 50.3 Å². The van der Waals surface area contributed by atoms with Crippen molar-refractivity contribution < 1.29 is 13.9 Å². The first-order valence-electron chi connectivity index (χ1n) is 9.88. The Kier molecular flexibility index (Phi) is 5.21. The number of carbonyl (C=O) groups excluding carboxylic acids is 1. The number of anilines is 1. The van der Waals surface area contributed by atoms with E-state index in [-0.39, 0.29) is 23.9 Å². The molecule has 0 bridgehead atoms. The Bertz CT molecular complexity index is 848. The number of benzene rings is 1. The Morgan fingerprint density at radius 1 is 1.29 bits per heavy atom. The molecular weight excluding hydrogens is 359 g/mol. The summed E-state index contributed by atoms with van der Waals surface area (Å²) in [7, 11) is 0. The summed E-state index contributed by atoms with van der Waals surface area (Å²) in [6, 6.07) is 6.25. The number of hydrogen-bond acceptors (Lipinski definition) is 4. The molecule has 0 radical (unpaired) electrons. The molecule has 3 heterocycles. The summed E-state index contributed by atoms with van der Waals surface area (Å²) in [5.74, 6) is -0.439. The van der Waals surface area contributed by atoms with Crippen molar-refractivity contribution in [2.75, 3.05) is 31.1 Å². The van der Waals surface area contributed by atoms with Gasteiger partial charge in [0.05, 0.1) is 17.8 Å². The van der Waals surface area contributed by atoms with Gasteiger partial charge in [-0.1, -0.05) is 6.07 Å². The Morgan fingerprint density at radius 3 is 2.89 bits per heavy atom. The number of nitrogens with zero attached hydrogens (tertiary/aromatic N) is 3. The third kappa shape index (κ3) is 3.82. The second kappa shape index (κ2) is 7.64. The van der Waals surface area contributed by atoms with Crippen LogP contribution in [-0.4, -0.2) is 52.8 Å². The number of carbonyl (C=O) groups is 1. The molecule has 4 rings (SSSR count). The van der Waals surface area contributed by atoms with Crippen LogP contribution in [0, 0.1) is 19.7 Å². The number of aromatic amines is 1. The predicted molar refractivity (Wildman–Crippen MR) is 105 cm³/mol. The highest BCUT2D eigenvalue weighted by atomic mass is 19.1. The van der Waals surface area contributed by atoms with E-state index in [4.69, 9.17) is 4.74 Å². The van der Waals surface area contributed by atoms with Crippen molar-refractivity contribution in [1.82, 2.24) is 15.1 Å². The van der Waals surface area contributed by atoms with Crippen LogP contribution in [0.2, 0.25) is 0 Å². The van der Waals surface area contributed by atoms with E-state index in [2.05, 4.69) is 22.0 Å². The largest absolute Gasteiger partial charge is 0.363 e. The zero-order valence-electron chi connectivity index (χ0n) is 16.5. The number of hydrogen-bond donors (Lipinski definition) is 1. The van der Waals surface area contributed by atoms with Gasteiger partial charge in [0.2, 0.25) is 0 Å². The number of nitrogens with one attached hydrogen (secondary N) is 1. The van der Waals surface area contributed by atoms with Gasteiger partial charge in [-0.25, -0.2) is 4.39 Å². The average molecular weight is 386 g/mol. The first kappa shape index (κ1) is 19.1. The number of halogens is 1. The number of aryl methyl sites for hydroxylation is 2. The Morgan fingerprint density at radius 2 is 2.14 bits per heavy atom. The van der Waals surface area contributed by atoms with Gasteiger partial charge in [0.25, 0.3) is 5.91 Å². The first-order chi connectivity index (χ1) is 13.5. The molecule has 28 heavy (non-hydrogen) atoms. The first-order valence-corrected chi connectivity index (χ1v) is 9.88. The van der Waals surface area contributed by atoms with Gasteiger partial charge in [-0.05, 0) is 57.9 Å². The number of likely N-dealkylation sites (tertiary alicyclic amines) is 1. The van der Waals surface area contributed by atoms with Crippen LogP contribution in [0.15, 0.2) is 24.3 Å². The van der Waals surface area contributed by atoms with Crippen LogP contribution in [0.3, 0.4) is 0 Å². The van der Waals surface area contributed by atoms with E-state index in [0.29, 0.717) is 12.2 Å². The van der Waals surface area contributed by atoms with Crippen molar-refractivity contribution >= 4 is 11.6 Å². The normalized spacial score (nSPS) is 24.0. The molecule has 0 saturated carbocycles. The van der Waals surface area contributed by atoms with Crippen LogP contribution < -0.4 is 4.90 Å². The number of rotatable bonds is 3. The van der Waals surface area contributed by atoms with Crippen molar-refractivity contribution in [3.63, 3.8) is 0 Å². The van der Waals surface area contributed by atoms with Crippen LogP contribution in [-0.2, 0) is 16.1 Å². The molecule has 1 aromatic carbocycles. The van der Waals surface area contributed by atoms with Crippen molar-refractivity contribution in [3.05, 3.63) is 47.0 Å². The van der Waals surface area contributed by atoms with Crippen LogP contribution in [0.1, 0.15) is 36.2 Å². The van der Waals surface area contributed by atoms with Crippen LogP contribution in [0.4, 0.5) is 10.1 Å². The highest BCUT2D eigenvalue weighted by Gasteiger charge is 2.41. The standard InChI is InChI=1S/C21H27FN4O2/c1-15-19(16(2)24-23-15)12-25-9-4-7-21(8-10-25)14-26(20(27)13-28-21)18-6-3-5-17(22)11-18/h3,5-6,11H,4,7-10,12-14H2,1-2H3,(H,23,24). The van der Waals surface area contributed by atoms with Gasteiger partial charge in [0, 0.05) is 30.0 Å². The number of ether oxygens (including phenoxy) is 1. The highest BCUT2D eigenvalue weighted by molar-refractivity contribution is 5.95. The topological polar surface area (TPSA) is 61.5 Å². The maximum atomic E-state index is 13.7. The molecule has 0 aliphatic carbocycles. The molecule has 6 nitrogen and oxygen atoms in total. The summed E-state index contributed by atoms with van der Waals surface area (Å²) in [5, 5.41) is 7.35. The molecule has 150 valence electrons. The summed E-state index contributed by atoms with van der Waals surface area (Å²) in [6.07, 6.45) is 2.75. The second-order valence-electron chi connectivity index (χ2n) is 7.97. The molecule has 1 N–H and O–H groups in total. The Labute approximate surface area is 164 Å². The molecule has 2 aliphatic heterocycles. The maximum Gasteiger partial charge on any atom is 0.253 e. The van der Waals surface area contributed by atoms with Gasteiger partial charge >= 0.3 is 0 Å². The Balaban J connectivity index is 1.47. The van der Waals surface area contributed by atoms with Crippen LogP contribution in [0.25, 0.3) is 0 Å². The van der Waals surface area contributed by atoms with Crippen molar-refractivity contribution in [2.45, 2.75) is 45.3 Å². The molecule has 1 aromatic heterocycles. The third-order valence-electron chi connectivity index (χ3n) is 6.02. The van der Waals surface area contributed by atoms with Gasteiger partial charge in [0.15, 0.2) is 0 Å². The summed E-state index contributed by atoms with van der Waals surface area (Å²) in [5.41, 5.74) is 3.67. The molecule has 1 unspecified atom stereocenters. The molecule has 1 amide bonds. The second-order valence-corrected chi connectivity index (χ2v) is 7.97. The van der Waals surface area contributed by atoms with Gasteiger partial charge in [-0.15, -0.1) is 0 Å². The third-order valence-corrected chi connectivity index (χ3v) is 6.02. The lowest BCUT2D eigenvalue weighted by atomic mass is 9.92. The SMILES string of the molecule is Cc1n[nH]c(C)c1CN1CCCC2(CC1)CN(c1cccc(F)c1)C(=O)CO2. The average Bonchev–Trinajstić information content (AvgIpc) is 2.88. The fraction of sp³-hybridized carbons (Fsp3) is 0.524. The van der Waals surface area contributed by atoms with E-state index in [9.17, 15) is 9.18 Å². The van der Waals surface area contributed by atoms with E-state index < -0.39 is 0 Å². The smallest absolute Gasteiger partial charge is 0.253 e. The van der Waals surface area contributed by atoms with Gasteiger partial charge in [-0.2, -0.15) is 5.10 Å². The minimum Gasteiger partial charge on any atom is -0.363 e. The fourth-order valence-corrected chi connectivity index (χ4v) is 4.31. The maximum absolute atomic E-state index is 13.7. The van der Waals surface area contributed by atoms with Crippen LogP contribution in [0.5, 0.6) is 0 Å². The van der Waals surface area contributed by atoms with Crippen molar-refractivity contribution in [2.24, 2.45) is 0 Å². The van der Waals surface area contributed by atoms with Gasteiger partial charge < -0.3 is 9.64 Å². The van der Waals surface area contributed by atoms with Crippen molar-refractivity contribution in [1.29, 1.82) is 0 Å². The van der Waals surface area contributed by atoms with E-state index >= 15 is 0 Å². The zero-order chi connectivity index (χ0) is 19.7. The molecule has 1 spiro atoms. The lowest BCUT2D eigenvalue weighted by molar-refractivity contribution is -0.140. The number of amides is 1. The van der Waals surface area contributed by atoms with E-state index in [1.807, 2.05) is 6.92 Å². The number of H-pyrrole nitrogens is 1. The number of aromatic nitrogens is 2. The van der Waals surface area contributed by atoms with E-state index in [1.54, 1.807) is 17.0 Å². The fourth-order valence-electron chi connectivity index (χ4n) is 4.31. The lowest BCUT2D eigenvalue weighted by Crippen LogP contribution is -2.55. The quantitative estimate of drug-likeness (QED) is 0.881. The zero-order valence-corrected chi connectivity index (χ0v) is 16.5. The van der Waals surface area contributed by atoms with Gasteiger partial charge in [-0.3, -0.25) is 14.8 Å². The molecule has 2 saturated heterocycles. The van der Waals surface area contributed by atoms with Crippen LogP contribution >= 0.6 is 0 Å². The van der Waals surface area contributed by atoms with Gasteiger partial charge in [0.1, 0.15) is 12.4 Å². The molecule has 2 fully saturated rings. The Hall–Kier alpha value is -2.25. The van der Waals surface area contributed by atoms with Crippen molar-refractivity contribution in [3.8, 4) is 0 Å². The minimum absolute atomic E-state index is 0.0520. The molecule has 2 aliphatic rings. The summed E-state index contributed by atoms with van der Waals surface area (Å²) >= 11 is 0. The van der Waals surface area contributed by atoms with E-state index in [1.165, 1.54) is 17.7 Å². The monoisotopic (exact) mass is 386 g/mol. The summed E-state index contributed by atoms with van der Waals surface area (Å²) in [6.45, 7) is 7.38. The molecule has 1 atom stereocenters. The number of morpholine rings is 1. The summed E-state index contributed by atoms with van der Waals surface area (Å²) in [4.78, 5) is 16.6. The predicted octanol–water partition coefficient (Wildman–Crippen LogP) is 2.95. The summed E-state index contributed by atoms with van der Waals surface area (Å²) < 4.78 is 19.7. The lowest BCUT2D eigenvalue weighted by Gasteiger charge is -2.42. The minimum atomic E-state index is -0.366. The molecule has 2 aromatic rings. The molecule has 7 heteroatoms. The molecular formula is C21H27FN4O2. The highest BCUT2D eigenvalue weighted by Crippen LogP contribution is 2.33.